The zero-order valence-corrected chi connectivity index (χ0v) is 16.4. The predicted octanol–water partition coefficient (Wildman–Crippen LogP) is 2.89. The van der Waals surface area contributed by atoms with Gasteiger partial charge in [0.15, 0.2) is 11.5 Å². The van der Waals surface area contributed by atoms with Gasteiger partial charge in [-0.25, -0.2) is 4.90 Å². The Balaban J connectivity index is 1.83. The van der Waals surface area contributed by atoms with Crippen molar-refractivity contribution in [3.63, 3.8) is 0 Å². The molecule has 2 aromatic carbocycles. The van der Waals surface area contributed by atoms with Crippen LogP contribution in [0.5, 0.6) is 11.5 Å². The number of rotatable bonds is 3. The summed E-state index contributed by atoms with van der Waals surface area (Å²) in [7, 11) is 2.99. The van der Waals surface area contributed by atoms with Crippen molar-refractivity contribution in [1.29, 1.82) is 0 Å². The number of ether oxygens (including phenoxy) is 2. The smallest absolute Gasteiger partial charge is 0.265 e. The first kappa shape index (κ1) is 19.0. The number of hydrogen-bond acceptors (Lipinski definition) is 5. The van der Waals surface area contributed by atoms with Gasteiger partial charge in [-0.05, 0) is 49.6 Å². The molecule has 0 aromatic heterocycles. The van der Waals surface area contributed by atoms with E-state index in [1.54, 1.807) is 47.4 Å². The van der Waals surface area contributed by atoms with Crippen LogP contribution in [0.25, 0.3) is 0 Å². The maximum Gasteiger partial charge on any atom is 0.265 e. The molecule has 29 heavy (non-hydrogen) atoms. The lowest BCUT2D eigenvalue weighted by atomic mass is 10.0. The number of anilines is 1. The lowest BCUT2D eigenvalue weighted by Gasteiger charge is -2.34. The first-order valence-corrected chi connectivity index (χ1v) is 9.57. The van der Waals surface area contributed by atoms with Gasteiger partial charge in [-0.2, -0.15) is 0 Å². The summed E-state index contributed by atoms with van der Waals surface area (Å²) in [6.07, 6.45) is 2.24. The van der Waals surface area contributed by atoms with E-state index in [1.807, 2.05) is 0 Å². The number of para-hydroxylation sites is 1. The Bertz CT molecular complexity index is 987. The molecule has 2 heterocycles. The van der Waals surface area contributed by atoms with Gasteiger partial charge in [-0.1, -0.05) is 12.1 Å². The van der Waals surface area contributed by atoms with Gasteiger partial charge in [-0.15, -0.1) is 0 Å². The summed E-state index contributed by atoms with van der Waals surface area (Å²) >= 11 is 0. The molecule has 0 saturated carbocycles. The summed E-state index contributed by atoms with van der Waals surface area (Å²) in [6.45, 7) is 0.516. The van der Waals surface area contributed by atoms with Crippen molar-refractivity contribution in [2.75, 3.05) is 25.7 Å². The van der Waals surface area contributed by atoms with Crippen molar-refractivity contribution in [3.05, 3.63) is 53.6 Å². The largest absolute Gasteiger partial charge is 0.493 e. The van der Waals surface area contributed by atoms with E-state index in [0.29, 0.717) is 35.7 Å². The molecule has 7 heteroatoms. The highest BCUT2D eigenvalue weighted by Gasteiger charge is 2.43. The number of carbonyl (C=O) groups is 3. The summed E-state index contributed by atoms with van der Waals surface area (Å²) in [5.41, 5.74) is 0.957. The van der Waals surface area contributed by atoms with Gasteiger partial charge in [0.2, 0.25) is 0 Å². The molecule has 1 fully saturated rings. The van der Waals surface area contributed by atoms with E-state index in [9.17, 15) is 14.4 Å². The number of benzene rings is 2. The zero-order chi connectivity index (χ0) is 20.5. The highest BCUT2D eigenvalue weighted by Crippen LogP contribution is 2.34. The van der Waals surface area contributed by atoms with E-state index in [0.717, 1.165) is 17.7 Å². The first-order chi connectivity index (χ1) is 14.1. The van der Waals surface area contributed by atoms with Crippen molar-refractivity contribution >= 4 is 23.4 Å². The van der Waals surface area contributed by atoms with Gasteiger partial charge >= 0.3 is 0 Å². The third-order valence-corrected chi connectivity index (χ3v) is 5.48. The van der Waals surface area contributed by atoms with E-state index < -0.39 is 11.9 Å². The second-order valence-electron chi connectivity index (χ2n) is 7.08. The van der Waals surface area contributed by atoms with E-state index in [1.165, 1.54) is 14.2 Å². The van der Waals surface area contributed by atoms with Crippen LogP contribution in [-0.4, -0.2) is 49.4 Å². The zero-order valence-electron chi connectivity index (χ0n) is 16.4. The Hall–Kier alpha value is -3.35. The number of nitrogens with zero attached hydrogens (tertiary/aromatic N) is 2. The number of fused-ring (bicyclic) bond motifs is 2. The van der Waals surface area contributed by atoms with Crippen molar-refractivity contribution in [2.45, 2.75) is 25.3 Å². The minimum atomic E-state index is -0.632. The lowest BCUT2D eigenvalue weighted by Crippen LogP contribution is -2.52. The fourth-order valence-electron chi connectivity index (χ4n) is 4.01. The van der Waals surface area contributed by atoms with Gasteiger partial charge in [0, 0.05) is 12.1 Å². The molecule has 0 N–H and O–H groups in total. The van der Waals surface area contributed by atoms with Crippen LogP contribution >= 0.6 is 0 Å². The van der Waals surface area contributed by atoms with E-state index in [-0.39, 0.29) is 17.4 Å². The van der Waals surface area contributed by atoms with Crippen LogP contribution in [0.1, 0.15) is 40.0 Å². The number of amides is 3. The SMILES string of the molecule is COc1ccc(C(=O)N2C(=O)[C@@H]3CCCCN3C(=O)c3ccccc32)cc1OC. The normalized spacial score (nSPS) is 18.6. The molecular weight excluding hydrogens is 372 g/mol. The lowest BCUT2D eigenvalue weighted by molar-refractivity contribution is -0.123. The third kappa shape index (κ3) is 3.12. The van der Waals surface area contributed by atoms with Crippen molar-refractivity contribution < 1.29 is 23.9 Å². The second kappa shape index (κ2) is 7.58. The second-order valence-corrected chi connectivity index (χ2v) is 7.08. The quantitative estimate of drug-likeness (QED) is 0.749. The minimum Gasteiger partial charge on any atom is -0.493 e. The molecule has 2 aromatic rings. The number of methoxy groups -OCH3 is 2. The van der Waals surface area contributed by atoms with Gasteiger partial charge in [0.05, 0.1) is 25.5 Å². The number of imide groups is 1. The topological polar surface area (TPSA) is 76.2 Å². The van der Waals surface area contributed by atoms with Crippen LogP contribution < -0.4 is 14.4 Å². The minimum absolute atomic E-state index is 0.207. The number of hydrogen-bond donors (Lipinski definition) is 0. The molecule has 4 rings (SSSR count). The maximum absolute atomic E-state index is 13.5. The fraction of sp³-hybridized carbons (Fsp3) is 0.318. The number of piperidine rings is 1. The van der Waals surface area contributed by atoms with Crippen LogP contribution in [0.3, 0.4) is 0 Å². The van der Waals surface area contributed by atoms with Crippen LogP contribution in [0.15, 0.2) is 42.5 Å². The Morgan fingerprint density at radius 1 is 1.00 bits per heavy atom. The number of carbonyl (C=O) groups excluding carboxylic acids is 3. The highest BCUT2D eigenvalue weighted by molar-refractivity contribution is 6.26. The Labute approximate surface area is 168 Å². The summed E-state index contributed by atoms with van der Waals surface area (Å²) in [6, 6.07) is 10.9. The molecule has 7 nitrogen and oxygen atoms in total. The van der Waals surface area contributed by atoms with Crippen molar-refractivity contribution in [1.82, 2.24) is 4.90 Å². The molecule has 1 saturated heterocycles. The van der Waals surface area contributed by atoms with Gasteiger partial charge in [-0.3, -0.25) is 14.4 Å². The average Bonchev–Trinajstić information content (AvgIpc) is 2.86. The van der Waals surface area contributed by atoms with Crippen LogP contribution in [-0.2, 0) is 4.79 Å². The third-order valence-electron chi connectivity index (χ3n) is 5.48. The molecule has 2 aliphatic rings. The molecule has 2 aliphatic heterocycles. The molecule has 0 spiro atoms. The fourth-order valence-corrected chi connectivity index (χ4v) is 4.01. The molecular formula is C22H22N2O5. The van der Waals surface area contributed by atoms with Crippen molar-refractivity contribution in [2.24, 2.45) is 0 Å². The standard InChI is InChI=1S/C22H22N2O5/c1-28-18-11-10-14(13-19(18)29-2)20(25)24-16-8-4-3-7-15(16)21(26)23-12-6-5-9-17(23)22(24)27/h3-4,7-8,10-11,13,17H,5-6,9,12H2,1-2H3/t17-/m0/s1. The molecule has 0 bridgehead atoms. The van der Waals surface area contributed by atoms with Gasteiger partial charge < -0.3 is 14.4 Å². The summed E-state index contributed by atoms with van der Waals surface area (Å²) in [5, 5.41) is 0. The molecule has 0 radical (unpaired) electrons. The van der Waals surface area contributed by atoms with Crippen LogP contribution in [0, 0.1) is 0 Å². The van der Waals surface area contributed by atoms with E-state index in [4.69, 9.17) is 9.47 Å². The summed E-state index contributed by atoms with van der Waals surface area (Å²) < 4.78 is 10.5. The molecule has 0 unspecified atom stereocenters. The Kier molecular flexibility index (Phi) is 4.96. The molecule has 3 amide bonds. The van der Waals surface area contributed by atoms with E-state index >= 15 is 0 Å². The maximum atomic E-state index is 13.5. The van der Waals surface area contributed by atoms with Crippen LogP contribution in [0.4, 0.5) is 5.69 Å². The van der Waals surface area contributed by atoms with E-state index in [2.05, 4.69) is 0 Å². The highest BCUT2D eigenvalue weighted by atomic mass is 16.5. The van der Waals surface area contributed by atoms with Crippen molar-refractivity contribution in [3.8, 4) is 11.5 Å². The summed E-state index contributed by atoms with van der Waals surface area (Å²) in [4.78, 5) is 42.7. The first-order valence-electron chi connectivity index (χ1n) is 9.57. The summed E-state index contributed by atoms with van der Waals surface area (Å²) in [5.74, 6) is -0.197. The molecule has 150 valence electrons. The van der Waals surface area contributed by atoms with Gasteiger partial charge in [0.25, 0.3) is 17.7 Å². The molecule has 0 aliphatic carbocycles. The van der Waals surface area contributed by atoms with Gasteiger partial charge in [0.1, 0.15) is 6.04 Å². The monoisotopic (exact) mass is 394 g/mol. The van der Waals surface area contributed by atoms with Crippen LogP contribution in [0.2, 0.25) is 0 Å². The Morgan fingerprint density at radius 3 is 2.52 bits per heavy atom. The predicted molar refractivity (Wildman–Crippen MR) is 106 cm³/mol. The molecule has 1 atom stereocenters. The average molecular weight is 394 g/mol. The Morgan fingerprint density at radius 2 is 1.76 bits per heavy atom.